The number of hydrogen-bond acceptors (Lipinski definition) is 6. The van der Waals surface area contributed by atoms with E-state index in [0.29, 0.717) is 5.75 Å². The highest BCUT2D eigenvalue weighted by atomic mass is 16.6. The largest absolute Gasteiger partial charge is 0.469 e. The first-order valence-electron chi connectivity index (χ1n) is 6.11. The van der Waals surface area contributed by atoms with Gasteiger partial charge in [-0.2, -0.15) is 0 Å². The van der Waals surface area contributed by atoms with E-state index in [4.69, 9.17) is 9.47 Å². The summed E-state index contributed by atoms with van der Waals surface area (Å²) in [5.74, 6) is -1.81. The fourth-order valence-corrected chi connectivity index (χ4v) is 1.38. The molecule has 6 heteroatoms. The molecule has 0 saturated carbocycles. The van der Waals surface area contributed by atoms with Crippen LogP contribution in [0.25, 0.3) is 0 Å². The summed E-state index contributed by atoms with van der Waals surface area (Å²) in [5, 5.41) is 0. The number of carbonyl (C=O) groups is 3. The molecule has 0 fully saturated rings. The van der Waals surface area contributed by atoms with Gasteiger partial charge in [-0.3, -0.25) is 4.79 Å². The van der Waals surface area contributed by atoms with Crippen LogP contribution in [0.4, 0.5) is 0 Å². The van der Waals surface area contributed by atoms with E-state index in [9.17, 15) is 14.4 Å². The number of carbonyl (C=O) groups excluding carboxylic acids is 3. The quantitative estimate of drug-likeness (QED) is 0.450. The molecule has 1 aromatic rings. The Bertz CT molecular complexity index is 561. The molecular weight excluding hydrogens is 276 g/mol. The van der Waals surface area contributed by atoms with Crippen LogP contribution in [0.3, 0.4) is 0 Å². The first-order valence-corrected chi connectivity index (χ1v) is 6.11. The van der Waals surface area contributed by atoms with Crippen LogP contribution in [-0.4, -0.2) is 31.6 Å². The Labute approximate surface area is 122 Å². The molecule has 0 unspecified atom stereocenters. The zero-order valence-electron chi connectivity index (χ0n) is 11.9. The average Bonchev–Trinajstić information content (AvgIpc) is 2.44. The van der Waals surface area contributed by atoms with Crippen LogP contribution >= 0.6 is 0 Å². The van der Waals surface area contributed by atoms with E-state index < -0.39 is 24.5 Å². The summed E-state index contributed by atoms with van der Waals surface area (Å²) in [5.41, 5.74) is 0.842. The molecule has 0 N–H and O–H groups in total. The number of ether oxygens (including phenoxy) is 3. The monoisotopic (exact) mass is 292 g/mol. The van der Waals surface area contributed by atoms with Gasteiger partial charge in [-0.25, -0.2) is 9.59 Å². The SMILES string of the molecule is C=C(CC(=O)OC)C(=O)OCC(=O)Oc1cccc(C)c1. The van der Waals surface area contributed by atoms with Gasteiger partial charge in [0.2, 0.25) is 0 Å². The zero-order chi connectivity index (χ0) is 15.8. The Morgan fingerprint density at radius 3 is 2.52 bits per heavy atom. The minimum atomic E-state index is -0.846. The maximum Gasteiger partial charge on any atom is 0.349 e. The van der Waals surface area contributed by atoms with Crippen molar-refractivity contribution in [1.29, 1.82) is 0 Å². The lowest BCUT2D eigenvalue weighted by molar-refractivity contribution is -0.151. The molecule has 0 radical (unpaired) electrons. The van der Waals surface area contributed by atoms with Gasteiger partial charge in [0.05, 0.1) is 13.5 Å². The van der Waals surface area contributed by atoms with Crippen molar-refractivity contribution in [2.45, 2.75) is 13.3 Å². The topological polar surface area (TPSA) is 78.9 Å². The molecule has 0 aliphatic rings. The van der Waals surface area contributed by atoms with Crippen molar-refractivity contribution in [2.75, 3.05) is 13.7 Å². The molecular formula is C15H16O6. The Kier molecular flexibility index (Phi) is 6.13. The van der Waals surface area contributed by atoms with Gasteiger partial charge >= 0.3 is 17.9 Å². The van der Waals surface area contributed by atoms with E-state index in [1.165, 1.54) is 7.11 Å². The summed E-state index contributed by atoms with van der Waals surface area (Å²) >= 11 is 0. The predicted octanol–water partition coefficient (Wildman–Crippen LogP) is 1.56. The van der Waals surface area contributed by atoms with Crippen LogP contribution in [0.1, 0.15) is 12.0 Å². The molecule has 0 aliphatic carbocycles. The number of methoxy groups -OCH3 is 1. The highest BCUT2D eigenvalue weighted by Crippen LogP contribution is 2.12. The lowest BCUT2D eigenvalue weighted by Gasteiger charge is -2.07. The fraction of sp³-hybridized carbons (Fsp3) is 0.267. The van der Waals surface area contributed by atoms with Gasteiger partial charge in [0.1, 0.15) is 5.75 Å². The molecule has 1 rings (SSSR count). The van der Waals surface area contributed by atoms with E-state index in [0.717, 1.165) is 5.56 Å². The third-order valence-corrected chi connectivity index (χ3v) is 2.42. The van der Waals surface area contributed by atoms with Crippen LogP contribution in [0, 0.1) is 6.92 Å². The highest BCUT2D eigenvalue weighted by Gasteiger charge is 2.15. The second-order valence-electron chi connectivity index (χ2n) is 4.22. The normalized spacial score (nSPS) is 9.62. The molecule has 0 bridgehead atoms. The lowest BCUT2D eigenvalue weighted by Crippen LogP contribution is -2.20. The minimum absolute atomic E-state index is 0.0924. The van der Waals surface area contributed by atoms with Gasteiger partial charge in [0.15, 0.2) is 6.61 Å². The molecule has 0 saturated heterocycles. The third kappa shape index (κ3) is 5.90. The first kappa shape index (κ1) is 16.4. The molecule has 0 atom stereocenters. The molecule has 0 amide bonds. The van der Waals surface area contributed by atoms with Crippen LogP contribution in [0.15, 0.2) is 36.4 Å². The number of rotatable bonds is 6. The lowest BCUT2D eigenvalue weighted by atomic mass is 10.2. The molecule has 0 heterocycles. The molecule has 0 spiro atoms. The van der Waals surface area contributed by atoms with Crippen molar-refractivity contribution in [1.82, 2.24) is 0 Å². The van der Waals surface area contributed by atoms with Crippen molar-refractivity contribution in [3.63, 3.8) is 0 Å². The van der Waals surface area contributed by atoms with E-state index >= 15 is 0 Å². The summed E-state index contributed by atoms with van der Waals surface area (Å²) in [6.45, 7) is 4.68. The standard InChI is InChI=1S/C15H16O6/c1-10-5-4-6-12(7-10)21-14(17)9-20-15(18)11(2)8-13(16)19-3/h4-7H,2,8-9H2,1,3H3. The average molecular weight is 292 g/mol. The van der Waals surface area contributed by atoms with E-state index in [-0.39, 0.29) is 12.0 Å². The second-order valence-corrected chi connectivity index (χ2v) is 4.22. The summed E-state index contributed by atoms with van der Waals surface area (Å²) < 4.78 is 14.1. The maximum atomic E-state index is 11.5. The maximum absolute atomic E-state index is 11.5. The van der Waals surface area contributed by atoms with E-state index in [2.05, 4.69) is 11.3 Å². The molecule has 0 aliphatic heterocycles. The number of esters is 3. The van der Waals surface area contributed by atoms with Gasteiger partial charge in [-0.05, 0) is 24.6 Å². The Morgan fingerprint density at radius 1 is 1.19 bits per heavy atom. The number of aryl methyl sites for hydroxylation is 1. The number of benzene rings is 1. The Balaban J connectivity index is 2.40. The second kappa shape index (κ2) is 7.84. The van der Waals surface area contributed by atoms with Gasteiger partial charge < -0.3 is 14.2 Å². The summed E-state index contributed by atoms with van der Waals surface area (Å²) in [7, 11) is 1.19. The third-order valence-electron chi connectivity index (χ3n) is 2.42. The molecule has 112 valence electrons. The van der Waals surface area contributed by atoms with Crippen LogP contribution in [0.2, 0.25) is 0 Å². The highest BCUT2D eigenvalue weighted by molar-refractivity contribution is 5.94. The predicted molar refractivity (Wildman–Crippen MR) is 73.5 cm³/mol. The molecule has 21 heavy (non-hydrogen) atoms. The van der Waals surface area contributed by atoms with Crippen molar-refractivity contribution < 1.29 is 28.6 Å². The van der Waals surface area contributed by atoms with Crippen molar-refractivity contribution in [3.8, 4) is 5.75 Å². The minimum Gasteiger partial charge on any atom is -0.469 e. The summed E-state index contributed by atoms with van der Waals surface area (Å²) in [6, 6.07) is 6.88. The van der Waals surface area contributed by atoms with E-state index in [1.54, 1.807) is 18.2 Å². The van der Waals surface area contributed by atoms with Crippen molar-refractivity contribution >= 4 is 17.9 Å². The van der Waals surface area contributed by atoms with Gasteiger partial charge in [0.25, 0.3) is 0 Å². The number of hydrogen-bond donors (Lipinski definition) is 0. The summed E-state index contributed by atoms with van der Waals surface area (Å²) in [4.78, 5) is 33.9. The Morgan fingerprint density at radius 2 is 1.90 bits per heavy atom. The molecule has 6 nitrogen and oxygen atoms in total. The zero-order valence-corrected chi connectivity index (χ0v) is 11.9. The van der Waals surface area contributed by atoms with Crippen molar-refractivity contribution in [2.24, 2.45) is 0 Å². The molecule has 1 aromatic carbocycles. The van der Waals surface area contributed by atoms with Gasteiger partial charge in [0, 0.05) is 5.57 Å². The van der Waals surface area contributed by atoms with Crippen LogP contribution in [-0.2, 0) is 23.9 Å². The van der Waals surface area contributed by atoms with Gasteiger partial charge in [-0.1, -0.05) is 18.7 Å². The van der Waals surface area contributed by atoms with Crippen molar-refractivity contribution in [3.05, 3.63) is 42.0 Å². The first-order chi connectivity index (χ1) is 9.92. The fourth-order valence-electron chi connectivity index (χ4n) is 1.38. The summed E-state index contributed by atoms with van der Waals surface area (Å²) in [6.07, 6.45) is -0.289. The smallest absolute Gasteiger partial charge is 0.349 e. The van der Waals surface area contributed by atoms with Crippen LogP contribution < -0.4 is 4.74 Å². The van der Waals surface area contributed by atoms with Crippen LogP contribution in [0.5, 0.6) is 5.75 Å². The van der Waals surface area contributed by atoms with Gasteiger partial charge in [-0.15, -0.1) is 0 Å². The molecule has 0 aromatic heterocycles. The van der Waals surface area contributed by atoms with E-state index in [1.807, 2.05) is 13.0 Å². The Hall–Kier alpha value is -2.63.